The van der Waals surface area contributed by atoms with Crippen molar-refractivity contribution in [1.82, 2.24) is 16.0 Å². The molecule has 0 spiro atoms. The van der Waals surface area contributed by atoms with Crippen LogP contribution in [-0.4, -0.2) is 30.9 Å². The van der Waals surface area contributed by atoms with Crippen LogP contribution in [0.4, 0.5) is 8.78 Å². The minimum atomic E-state index is -0.879. The molecule has 1 aliphatic rings. The van der Waals surface area contributed by atoms with Crippen molar-refractivity contribution in [3.63, 3.8) is 0 Å². The highest BCUT2D eigenvalue weighted by molar-refractivity contribution is 5.94. The van der Waals surface area contributed by atoms with Crippen molar-refractivity contribution in [1.29, 1.82) is 0 Å². The van der Waals surface area contributed by atoms with Crippen LogP contribution in [0, 0.1) is 11.6 Å². The van der Waals surface area contributed by atoms with Gasteiger partial charge in [0.05, 0.1) is 0 Å². The zero-order valence-electron chi connectivity index (χ0n) is 15.6. The number of hydrogen-bond acceptors (Lipinski definition) is 3. The predicted molar refractivity (Wildman–Crippen MR) is 102 cm³/mol. The third-order valence-corrected chi connectivity index (χ3v) is 4.93. The van der Waals surface area contributed by atoms with E-state index in [0.717, 1.165) is 18.2 Å². The summed E-state index contributed by atoms with van der Waals surface area (Å²) in [5.41, 5.74) is 2.07. The van der Waals surface area contributed by atoms with Crippen molar-refractivity contribution < 1.29 is 18.4 Å². The Labute approximate surface area is 162 Å². The van der Waals surface area contributed by atoms with Gasteiger partial charge in [0.15, 0.2) is 11.6 Å². The number of carbonyl (C=O) groups excluding carboxylic acids is 2. The molecule has 148 valence electrons. The monoisotopic (exact) mass is 387 g/mol. The average molecular weight is 387 g/mol. The number of piperidine rings is 1. The number of amides is 2. The molecule has 0 bridgehead atoms. The number of hydrogen-bond donors (Lipinski definition) is 3. The summed E-state index contributed by atoms with van der Waals surface area (Å²) in [6, 6.07) is 10.7. The van der Waals surface area contributed by atoms with Crippen molar-refractivity contribution in [3.8, 4) is 0 Å². The Hall–Kier alpha value is -2.80. The van der Waals surface area contributed by atoms with Gasteiger partial charge >= 0.3 is 0 Å². The molecule has 3 rings (SSSR count). The van der Waals surface area contributed by atoms with Crippen LogP contribution in [-0.2, 0) is 11.3 Å². The minimum Gasteiger partial charge on any atom is -0.352 e. The summed E-state index contributed by atoms with van der Waals surface area (Å²) in [5.74, 6) is -2.20. The van der Waals surface area contributed by atoms with Gasteiger partial charge < -0.3 is 16.0 Å². The zero-order valence-corrected chi connectivity index (χ0v) is 15.6. The summed E-state index contributed by atoms with van der Waals surface area (Å²) in [6.07, 6.45) is 0.714. The van der Waals surface area contributed by atoms with Crippen molar-refractivity contribution in [2.75, 3.05) is 13.1 Å². The summed E-state index contributed by atoms with van der Waals surface area (Å²) in [6.45, 7) is 3.15. The van der Waals surface area contributed by atoms with Gasteiger partial charge in [0, 0.05) is 37.5 Å². The lowest BCUT2D eigenvalue weighted by molar-refractivity contribution is -0.119. The van der Waals surface area contributed by atoms with E-state index in [2.05, 4.69) is 16.0 Å². The highest BCUT2D eigenvalue weighted by Gasteiger charge is 2.28. The number of carbonyl (C=O) groups is 2. The first-order chi connectivity index (χ1) is 13.4. The van der Waals surface area contributed by atoms with E-state index in [9.17, 15) is 18.4 Å². The number of nitrogens with one attached hydrogen (secondary N) is 3. The molecule has 0 aromatic heterocycles. The molecule has 2 amide bonds. The van der Waals surface area contributed by atoms with Crippen molar-refractivity contribution in [2.45, 2.75) is 31.8 Å². The molecule has 28 heavy (non-hydrogen) atoms. The van der Waals surface area contributed by atoms with E-state index in [-0.39, 0.29) is 23.8 Å². The van der Waals surface area contributed by atoms with Gasteiger partial charge in [-0.05, 0) is 48.4 Å². The molecule has 2 atom stereocenters. The Morgan fingerprint density at radius 1 is 1.11 bits per heavy atom. The smallest absolute Gasteiger partial charge is 0.251 e. The van der Waals surface area contributed by atoms with Gasteiger partial charge in [-0.25, -0.2) is 8.78 Å². The van der Waals surface area contributed by atoms with E-state index < -0.39 is 11.6 Å². The van der Waals surface area contributed by atoms with Crippen molar-refractivity contribution in [2.24, 2.45) is 0 Å². The summed E-state index contributed by atoms with van der Waals surface area (Å²) in [4.78, 5) is 23.6. The van der Waals surface area contributed by atoms with Crippen LogP contribution in [0.3, 0.4) is 0 Å². The molecule has 0 saturated carbocycles. The van der Waals surface area contributed by atoms with E-state index in [4.69, 9.17) is 0 Å². The second-order valence-corrected chi connectivity index (χ2v) is 6.96. The van der Waals surface area contributed by atoms with E-state index >= 15 is 0 Å². The van der Waals surface area contributed by atoms with Gasteiger partial charge in [0.2, 0.25) is 5.91 Å². The molecular formula is C21H23F2N3O2. The normalized spacial score (nSPS) is 19.1. The maximum absolute atomic E-state index is 13.6. The van der Waals surface area contributed by atoms with Crippen LogP contribution in [0.15, 0.2) is 42.5 Å². The quantitative estimate of drug-likeness (QED) is 0.738. The Balaban J connectivity index is 1.68. The van der Waals surface area contributed by atoms with Crippen LogP contribution >= 0.6 is 0 Å². The predicted octanol–water partition coefficient (Wildman–Crippen LogP) is 2.48. The Kier molecular flexibility index (Phi) is 6.36. The number of benzene rings is 2. The third-order valence-electron chi connectivity index (χ3n) is 4.93. The molecule has 2 unspecified atom stereocenters. The lowest BCUT2D eigenvalue weighted by Gasteiger charge is -2.33. The molecule has 1 aliphatic heterocycles. The molecule has 3 N–H and O–H groups in total. The fourth-order valence-corrected chi connectivity index (χ4v) is 3.40. The fraction of sp³-hybridized carbons (Fsp3) is 0.333. The lowest BCUT2D eigenvalue weighted by atomic mass is 9.85. The molecule has 1 heterocycles. The standard InChI is InChI=1S/C21H23F2N3O2/c1-13(27)25-11-14-2-4-15(5-3-14)21(28)26-20-12-24-9-8-17(20)16-6-7-18(22)19(23)10-16/h2-7,10,17,20,24H,8-9,11-12H2,1H3,(H,25,27)(H,26,28). The first kappa shape index (κ1) is 19.9. The largest absolute Gasteiger partial charge is 0.352 e. The van der Waals surface area contributed by atoms with Crippen LogP contribution in [0.25, 0.3) is 0 Å². The molecule has 1 fully saturated rings. The molecule has 5 nitrogen and oxygen atoms in total. The second-order valence-electron chi connectivity index (χ2n) is 6.96. The summed E-state index contributed by atoms with van der Waals surface area (Å²) >= 11 is 0. The molecular weight excluding hydrogens is 364 g/mol. The minimum absolute atomic E-state index is 0.0978. The molecule has 7 heteroatoms. The maximum atomic E-state index is 13.6. The molecule has 0 aliphatic carbocycles. The Bertz CT molecular complexity index is 855. The van der Waals surface area contributed by atoms with Crippen LogP contribution in [0.2, 0.25) is 0 Å². The van der Waals surface area contributed by atoms with E-state index in [1.165, 1.54) is 13.0 Å². The van der Waals surface area contributed by atoms with Crippen molar-refractivity contribution in [3.05, 3.63) is 70.8 Å². The van der Waals surface area contributed by atoms with Gasteiger partial charge in [0.25, 0.3) is 5.91 Å². The average Bonchev–Trinajstić information content (AvgIpc) is 2.69. The molecule has 0 radical (unpaired) electrons. The van der Waals surface area contributed by atoms with Crippen LogP contribution < -0.4 is 16.0 Å². The maximum Gasteiger partial charge on any atom is 0.251 e. The van der Waals surface area contributed by atoms with Gasteiger partial charge in [-0.2, -0.15) is 0 Å². The first-order valence-electron chi connectivity index (χ1n) is 9.24. The lowest BCUT2D eigenvalue weighted by Crippen LogP contribution is -2.50. The van der Waals surface area contributed by atoms with Gasteiger partial charge in [-0.15, -0.1) is 0 Å². The van der Waals surface area contributed by atoms with Crippen LogP contribution in [0.1, 0.15) is 40.7 Å². The number of halogens is 2. The highest BCUT2D eigenvalue weighted by atomic mass is 19.2. The fourth-order valence-electron chi connectivity index (χ4n) is 3.40. The number of rotatable bonds is 5. The zero-order chi connectivity index (χ0) is 20.1. The molecule has 2 aromatic rings. The highest BCUT2D eigenvalue weighted by Crippen LogP contribution is 2.27. The van der Waals surface area contributed by atoms with Gasteiger partial charge in [-0.1, -0.05) is 18.2 Å². The van der Waals surface area contributed by atoms with Crippen LogP contribution in [0.5, 0.6) is 0 Å². The summed E-state index contributed by atoms with van der Waals surface area (Å²) in [5, 5.41) is 8.93. The Morgan fingerprint density at radius 2 is 1.86 bits per heavy atom. The van der Waals surface area contributed by atoms with E-state index in [1.807, 2.05) is 0 Å². The Morgan fingerprint density at radius 3 is 2.54 bits per heavy atom. The third kappa shape index (κ3) is 4.92. The topological polar surface area (TPSA) is 70.2 Å². The van der Waals surface area contributed by atoms with Crippen molar-refractivity contribution >= 4 is 11.8 Å². The first-order valence-corrected chi connectivity index (χ1v) is 9.24. The summed E-state index contributed by atoms with van der Waals surface area (Å²) in [7, 11) is 0. The van der Waals surface area contributed by atoms with Gasteiger partial charge in [-0.3, -0.25) is 9.59 Å². The molecule has 1 saturated heterocycles. The van der Waals surface area contributed by atoms with E-state index in [1.54, 1.807) is 30.3 Å². The van der Waals surface area contributed by atoms with E-state index in [0.29, 0.717) is 30.6 Å². The van der Waals surface area contributed by atoms with Gasteiger partial charge in [0.1, 0.15) is 0 Å². The molecule has 2 aromatic carbocycles. The summed E-state index contributed by atoms with van der Waals surface area (Å²) < 4.78 is 26.9. The SMILES string of the molecule is CC(=O)NCc1ccc(C(=O)NC2CNCCC2c2ccc(F)c(F)c2)cc1. The second kappa shape index (κ2) is 8.93.